The molecule has 1 aliphatic heterocycles. The van der Waals surface area contributed by atoms with Crippen LogP contribution in [0.25, 0.3) is 6.08 Å². The van der Waals surface area contributed by atoms with Crippen LogP contribution in [0.3, 0.4) is 0 Å². The average Bonchev–Trinajstić information content (AvgIpc) is 3.08. The van der Waals surface area contributed by atoms with Crippen LogP contribution < -0.4 is 5.32 Å². The van der Waals surface area contributed by atoms with E-state index in [4.69, 9.17) is 6.42 Å². The van der Waals surface area contributed by atoms with Crippen molar-refractivity contribution in [3.05, 3.63) is 64.7 Å². The van der Waals surface area contributed by atoms with Gasteiger partial charge in [0.2, 0.25) is 0 Å². The second kappa shape index (κ2) is 3.21. The number of anilines is 1. The summed E-state index contributed by atoms with van der Waals surface area (Å²) in [4.78, 5) is 0. The highest BCUT2D eigenvalue weighted by Crippen LogP contribution is 2.58. The number of rotatable bonds is 0. The predicted molar refractivity (Wildman–Crippen MR) is 75.9 cm³/mol. The highest BCUT2D eigenvalue weighted by molar-refractivity contribution is 5.85. The summed E-state index contributed by atoms with van der Waals surface area (Å²) in [6.07, 6.45) is 9.68. The van der Waals surface area contributed by atoms with Crippen molar-refractivity contribution in [3.8, 4) is 18.1 Å². The fraction of sp³-hybridized carbons (Fsp3) is 0.0588. The zero-order valence-electron chi connectivity index (χ0n) is 10.1. The molecule has 2 N–H and O–H groups in total. The topological polar surface area (TPSA) is 32.3 Å². The largest absolute Gasteiger partial charge is 0.508 e. The SMILES string of the molecule is C#Cc1ccc(O)c2c1C21C=Cc2ccccc2N1. The number of para-hydroxylation sites is 1. The van der Waals surface area contributed by atoms with Crippen LogP contribution in [0.15, 0.2) is 42.5 Å². The third kappa shape index (κ3) is 1.17. The first-order valence-electron chi connectivity index (χ1n) is 6.16. The molecule has 0 saturated carbocycles. The Bertz CT molecular complexity index is 782. The van der Waals surface area contributed by atoms with E-state index in [1.807, 2.05) is 18.2 Å². The van der Waals surface area contributed by atoms with Gasteiger partial charge in [0.15, 0.2) is 0 Å². The lowest BCUT2D eigenvalue weighted by Gasteiger charge is -2.22. The van der Waals surface area contributed by atoms with Crippen LogP contribution in [0.4, 0.5) is 5.69 Å². The number of hydrogen-bond donors (Lipinski definition) is 2. The zero-order chi connectivity index (χ0) is 13.0. The lowest BCUT2D eigenvalue weighted by atomic mass is 10.0. The minimum absolute atomic E-state index is 0.297. The zero-order valence-corrected chi connectivity index (χ0v) is 10.1. The van der Waals surface area contributed by atoms with Gasteiger partial charge < -0.3 is 10.4 Å². The number of terminal acetylenes is 1. The fourth-order valence-corrected chi connectivity index (χ4v) is 2.94. The summed E-state index contributed by atoms with van der Waals surface area (Å²) >= 11 is 0. The monoisotopic (exact) mass is 245 g/mol. The molecule has 0 fully saturated rings. The molecule has 0 bridgehead atoms. The minimum atomic E-state index is -0.413. The van der Waals surface area contributed by atoms with E-state index in [2.05, 4.69) is 29.5 Å². The molecule has 1 unspecified atom stereocenters. The molecule has 2 heteroatoms. The van der Waals surface area contributed by atoms with E-state index in [1.165, 1.54) is 0 Å². The van der Waals surface area contributed by atoms with Gasteiger partial charge in [-0.1, -0.05) is 30.2 Å². The van der Waals surface area contributed by atoms with E-state index >= 15 is 0 Å². The number of benzene rings is 2. The van der Waals surface area contributed by atoms with Crippen molar-refractivity contribution in [2.75, 3.05) is 5.32 Å². The molecule has 2 aliphatic rings. The van der Waals surface area contributed by atoms with Crippen LogP contribution in [-0.2, 0) is 5.54 Å². The summed E-state index contributed by atoms with van der Waals surface area (Å²) in [5, 5.41) is 13.5. The van der Waals surface area contributed by atoms with Gasteiger partial charge in [-0.3, -0.25) is 0 Å². The Morgan fingerprint density at radius 2 is 1.95 bits per heavy atom. The molecular formula is C17H11NO. The maximum atomic E-state index is 10.0. The van der Waals surface area contributed by atoms with Gasteiger partial charge in [-0.25, -0.2) is 0 Å². The summed E-state index contributed by atoms with van der Waals surface area (Å²) in [7, 11) is 0. The van der Waals surface area contributed by atoms with Gasteiger partial charge in [0.25, 0.3) is 0 Å². The van der Waals surface area contributed by atoms with Crippen molar-refractivity contribution in [2.45, 2.75) is 5.54 Å². The number of fused-ring (bicyclic) bond motifs is 4. The Balaban J connectivity index is 1.89. The molecular weight excluding hydrogens is 234 g/mol. The van der Waals surface area contributed by atoms with Gasteiger partial charge in [0.1, 0.15) is 11.3 Å². The fourth-order valence-electron chi connectivity index (χ4n) is 2.94. The molecule has 2 aromatic carbocycles. The molecule has 0 amide bonds. The number of aromatic hydroxyl groups is 1. The number of phenolic OH excluding ortho intramolecular Hbond substituents is 1. The predicted octanol–water partition coefficient (Wildman–Crippen LogP) is 3.07. The molecule has 1 heterocycles. The number of phenols is 1. The van der Waals surface area contributed by atoms with Crippen molar-refractivity contribution >= 4 is 11.8 Å². The van der Waals surface area contributed by atoms with Crippen molar-refractivity contribution in [3.63, 3.8) is 0 Å². The van der Waals surface area contributed by atoms with E-state index in [-0.39, 0.29) is 0 Å². The molecule has 1 spiro atoms. The minimum Gasteiger partial charge on any atom is -0.508 e. The molecule has 0 saturated heterocycles. The molecule has 4 rings (SSSR count). The molecule has 1 aliphatic carbocycles. The molecule has 2 nitrogen and oxygen atoms in total. The third-order valence-corrected chi connectivity index (χ3v) is 3.87. The summed E-state index contributed by atoms with van der Waals surface area (Å²) < 4.78 is 0. The van der Waals surface area contributed by atoms with E-state index < -0.39 is 5.54 Å². The maximum Gasteiger partial charge on any atom is 0.122 e. The number of nitrogens with one attached hydrogen (secondary N) is 1. The summed E-state index contributed by atoms with van der Waals surface area (Å²) in [5.74, 6) is 2.98. The summed E-state index contributed by atoms with van der Waals surface area (Å²) in [5.41, 5.74) is 4.54. The Kier molecular flexibility index (Phi) is 1.74. The van der Waals surface area contributed by atoms with Crippen LogP contribution in [0.2, 0.25) is 0 Å². The van der Waals surface area contributed by atoms with E-state index in [1.54, 1.807) is 12.1 Å². The van der Waals surface area contributed by atoms with Crippen LogP contribution in [0.1, 0.15) is 22.3 Å². The van der Waals surface area contributed by atoms with E-state index in [9.17, 15) is 5.11 Å². The highest BCUT2D eigenvalue weighted by atomic mass is 16.3. The lowest BCUT2D eigenvalue weighted by molar-refractivity contribution is 0.471. The summed E-state index contributed by atoms with van der Waals surface area (Å²) in [6, 6.07) is 11.5. The summed E-state index contributed by atoms with van der Waals surface area (Å²) in [6.45, 7) is 0. The van der Waals surface area contributed by atoms with Gasteiger partial charge in [-0.15, -0.1) is 6.42 Å². The molecule has 0 aromatic heterocycles. The van der Waals surface area contributed by atoms with Crippen molar-refractivity contribution < 1.29 is 5.11 Å². The smallest absolute Gasteiger partial charge is 0.122 e. The Hall–Kier alpha value is -2.66. The Morgan fingerprint density at radius 1 is 1.11 bits per heavy atom. The first-order valence-corrected chi connectivity index (χ1v) is 6.16. The normalized spacial score (nSPS) is 21.2. The second-order valence-electron chi connectivity index (χ2n) is 4.88. The van der Waals surface area contributed by atoms with Gasteiger partial charge in [0, 0.05) is 22.4 Å². The Morgan fingerprint density at radius 3 is 2.79 bits per heavy atom. The third-order valence-electron chi connectivity index (χ3n) is 3.87. The average molecular weight is 245 g/mol. The van der Waals surface area contributed by atoms with Crippen LogP contribution in [0.5, 0.6) is 5.75 Å². The molecule has 90 valence electrons. The first kappa shape index (κ1) is 10.3. The molecule has 1 atom stereocenters. The van der Waals surface area contributed by atoms with Crippen molar-refractivity contribution in [2.24, 2.45) is 0 Å². The van der Waals surface area contributed by atoms with Gasteiger partial charge in [-0.2, -0.15) is 0 Å². The van der Waals surface area contributed by atoms with Crippen molar-refractivity contribution in [1.29, 1.82) is 0 Å². The van der Waals surface area contributed by atoms with E-state index in [0.29, 0.717) is 5.75 Å². The quantitative estimate of drug-likeness (QED) is 0.699. The first-order chi connectivity index (χ1) is 9.26. The second-order valence-corrected chi connectivity index (χ2v) is 4.88. The molecule has 0 radical (unpaired) electrons. The van der Waals surface area contributed by atoms with Crippen LogP contribution in [-0.4, -0.2) is 5.11 Å². The standard InChI is InChI=1S/C17H11NO/c1-2-11-7-8-14(19)16-15(11)17(16)10-9-12-5-3-4-6-13(12)18-17/h1,3-10,18-19H. The lowest BCUT2D eigenvalue weighted by Crippen LogP contribution is -2.21. The number of hydrogen-bond acceptors (Lipinski definition) is 2. The van der Waals surface area contributed by atoms with Gasteiger partial charge in [-0.05, 0) is 29.8 Å². The van der Waals surface area contributed by atoms with E-state index in [0.717, 1.165) is 27.9 Å². The van der Waals surface area contributed by atoms with Gasteiger partial charge >= 0.3 is 0 Å². The molecule has 2 aromatic rings. The Labute approximate surface area is 111 Å². The maximum absolute atomic E-state index is 10.0. The van der Waals surface area contributed by atoms with Crippen LogP contribution >= 0.6 is 0 Å². The van der Waals surface area contributed by atoms with Gasteiger partial charge in [0.05, 0.1) is 0 Å². The highest BCUT2D eigenvalue weighted by Gasteiger charge is 2.54. The van der Waals surface area contributed by atoms with Crippen LogP contribution in [0, 0.1) is 12.3 Å². The molecule has 19 heavy (non-hydrogen) atoms. The van der Waals surface area contributed by atoms with Crippen molar-refractivity contribution in [1.82, 2.24) is 0 Å².